The van der Waals surface area contributed by atoms with E-state index < -0.39 is 10.0 Å². The fraction of sp³-hybridized carbons (Fsp3) is 0. The number of sulfonamides is 1. The van der Waals surface area contributed by atoms with Gasteiger partial charge in [-0.25, -0.2) is 8.42 Å². The third-order valence-electron chi connectivity index (χ3n) is 2.39. The lowest BCUT2D eigenvalue weighted by atomic mass is 10.3. The number of phenolic OH excluding ortho intramolecular Hbond substituents is 1. The zero-order chi connectivity index (χ0) is 14.9. The van der Waals surface area contributed by atoms with Crippen LogP contribution in [0.4, 0.5) is 5.69 Å². The second kappa shape index (κ2) is 5.81. The summed E-state index contributed by atoms with van der Waals surface area (Å²) in [6, 6.07) is 8.47. The van der Waals surface area contributed by atoms with Crippen LogP contribution in [0, 0.1) is 0 Å². The van der Waals surface area contributed by atoms with Crippen molar-refractivity contribution in [1.82, 2.24) is 0 Å². The van der Waals surface area contributed by atoms with Crippen LogP contribution in [0.15, 0.2) is 45.8 Å². The Labute approximate surface area is 134 Å². The van der Waals surface area contributed by atoms with Crippen molar-refractivity contribution in [2.24, 2.45) is 0 Å². The molecule has 0 aliphatic carbocycles. The lowest BCUT2D eigenvalue weighted by Crippen LogP contribution is -2.12. The zero-order valence-corrected chi connectivity index (χ0v) is 13.7. The van der Waals surface area contributed by atoms with Crippen LogP contribution < -0.4 is 4.72 Å². The third-order valence-corrected chi connectivity index (χ3v) is 4.93. The quantitative estimate of drug-likeness (QED) is 0.761. The highest BCUT2D eigenvalue weighted by Crippen LogP contribution is 2.35. The van der Waals surface area contributed by atoms with Crippen LogP contribution in [0.2, 0.25) is 10.0 Å². The Kier molecular flexibility index (Phi) is 4.49. The normalized spacial score (nSPS) is 11.3. The Balaban J connectivity index is 2.36. The first-order valence-corrected chi connectivity index (χ1v) is 8.29. The minimum atomic E-state index is -3.75. The molecule has 0 bridgehead atoms. The summed E-state index contributed by atoms with van der Waals surface area (Å²) in [6.07, 6.45) is 0. The monoisotopic (exact) mass is 395 g/mol. The van der Waals surface area contributed by atoms with E-state index in [0.717, 1.165) is 0 Å². The van der Waals surface area contributed by atoms with Gasteiger partial charge in [-0.2, -0.15) is 0 Å². The average Bonchev–Trinajstić information content (AvgIpc) is 2.36. The summed E-state index contributed by atoms with van der Waals surface area (Å²) >= 11 is 14.6. The highest BCUT2D eigenvalue weighted by Gasteiger charge is 2.15. The lowest BCUT2D eigenvalue weighted by Gasteiger charge is -2.10. The average molecular weight is 397 g/mol. The van der Waals surface area contributed by atoms with Crippen LogP contribution in [0.5, 0.6) is 5.75 Å². The predicted molar refractivity (Wildman–Crippen MR) is 83.1 cm³/mol. The number of nitrogens with one attached hydrogen (secondary N) is 1. The fourth-order valence-corrected chi connectivity index (χ4v) is 3.41. The SMILES string of the molecule is O=S(=O)(Nc1cc(Cl)c(O)c(Br)c1)c1ccc(Cl)cc1. The molecule has 0 fully saturated rings. The second-order valence-electron chi connectivity index (χ2n) is 3.85. The molecule has 0 aliphatic heterocycles. The maximum Gasteiger partial charge on any atom is 0.261 e. The molecule has 0 amide bonds. The van der Waals surface area contributed by atoms with Crippen LogP contribution in [-0.2, 0) is 10.0 Å². The number of rotatable bonds is 3. The van der Waals surface area contributed by atoms with E-state index in [1.807, 2.05) is 0 Å². The minimum Gasteiger partial charge on any atom is -0.505 e. The van der Waals surface area contributed by atoms with Crippen molar-refractivity contribution in [2.45, 2.75) is 4.90 Å². The first kappa shape index (κ1) is 15.4. The van der Waals surface area contributed by atoms with Crippen LogP contribution in [-0.4, -0.2) is 13.5 Å². The van der Waals surface area contributed by atoms with Crippen molar-refractivity contribution >= 4 is 54.8 Å². The van der Waals surface area contributed by atoms with Gasteiger partial charge in [0.2, 0.25) is 0 Å². The first-order chi connectivity index (χ1) is 9.29. The van der Waals surface area contributed by atoms with Crippen molar-refractivity contribution in [3.63, 3.8) is 0 Å². The van der Waals surface area contributed by atoms with Gasteiger partial charge in [0.1, 0.15) is 5.75 Å². The number of aromatic hydroxyl groups is 1. The molecule has 2 aromatic rings. The molecule has 0 saturated heterocycles. The Hall–Kier alpha value is -0.950. The lowest BCUT2D eigenvalue weighted by molar-refractivity contribution is 0.472. The maximum atomic E-state index is 12.1. The number of hydrogen-bond donors (Lipinski definition) is 2. The summed E-state index contributed by atoms with van der Waals surface area (Å²) < 4.78 is 26.9. The molecule has 0 spiro atoms. The molecular weight excluding hydrogens is 389 g/mol. The van der Waals surface area contributed by atoms with Crippen LogP contribution >= 0.6 is 39.1 Å². The van der Waals surface area contributed by atoms with Crippen molar-refractivity contribution in [1.29, 1.82) is 0 Å². The molecule has 0 aromatic heterocycles. The van der Waals surface area contributed by atoms with Crippen molar-refractivity contribution in [2.75, 3.05) is 4.72 Å². The topological polar surface area (TPSA) is 66.4 Å². The molecule has 0 aliphatic rings. The van der Waals surface area contributed by atoms with E-state index in [1.54, 1.807) is 0 Å². The highest BCUT2D eigenvalue weighted by atomic mass is 79.9. The van der Waals surface area contributed by atoms with Crippen molar-refractivity contribution in [3.05, 3.63) is 50.9 Å². The second-order valence-corrected chi connectivity index (χ2v) is 7.23. The van der Waals surface area contributed by atoms with E-state index in [1.165, 1.54) is 36.4 Å². The Bertz CT molecular complexity index is 725. The first-order valence-electron chi connectivity index (χ1n) is 5.26. The molecule has 4 nitrogen and oxygen atoms in total. The summed E-state index contributed by atoms with van der Waals surface area (Å²) in [7, 11) is -3.75. The van der Waals surface area contributed by atoms with E-state index in [2.05, 4.69) is 20.7 Å². The Morgan fingerprint density at radius 1 is 1.10 bits per heavy atom. The van der Waals surface area contributed by atoms with E-state index in [-0.39, 0.29) is 21.4 Å². The number of hydrogen-bond acceptors (Lipinski definition) is 3. The van der Waals surface area contributed by atoms with Gasteiger partial charge in [0.15, 0.2) is 0 Å². The summed E-state index contributed by atoms with van der Waals surface area (Å²) in [5, 5.41) is 9.99. The van der Waals surface area contributed by atoms with Crippen LogP contribution in [0.25, 0.3) is 0 Å². The molecule has 8 heteroatoms. The number of benzene rings is 2. The molecule has 0 atom stereocenters. The van der Waals surface area contributed by atoms with E-state index >= 15 is 0 Å². The van der Waals surface area contributed by atoms with E-state index in [9.17, 15) is 13.5 Å². The highest BCUT2D eigenvalue weighted by molar-refractivity contribution is 9.10. The molecule has 0 saturated carbocycles. The largest absolute Gasteiger partial charge is 0.505 e. The molecular formula is C12H8BrCl2NO3S. The Morgan fingerprint density at radius 2 is 1.70 bits per heavy atom. The molecule has 106 valence electrons. The van der Waals surface area contributed by atoms with Gasteiger partial charge in [0.05, 0.1) is 20.1 Å². The van der Waals surface area contributed by atoms with Crippen molar-refractivity contribution in [3.8, 4) is 5.75 Å². The van der Waals surface area contributed by atoms with E-state index in [4.69, 9.17) is 23.2 Å². The molecule has 2 aromatic carbocycles. The standard InChI is InChI=1S/C12H8BrCl2NO3S/c13-10-5-8(6-11(15)12(10)17)16-20(18,19)9-3-1-7(14)2-4-9/h1-6,16-17H. The molecule has 0 heterocycles. The summed E-state index contributed by atoms with van der Waals surface area (Å²) in [5.41, 5.74) is 0.231. The van der Waals surface area contributed by atoms with Gasteiger partial charge < -0.3 is 5.11 Å². The van der Waals surface area contributed by atoms with Gasteiger partial charge in [0, 0.05) is 5.02 Å². The van der Waals surface area contributed by atoms with Gasteiger partial charge in [-0.1, -0.05) is 23.2 Å². The van der Waals surface area contributed by atoms with E-state index in [0.29, 0.717) is 9.50 Å². The van der Waals surface area contributed by atoms with Crippen LogP contribution in [0.1, 0.15) is 0 Å². The maximum absolute atomic E-state index is 12.1. The summed E-state index contributed by atoms with van der Waals surface area (Å²) in [4.78, 5) is 0.0715. The van der Waals surface area contributed by atoms with Gasteiger partial charge >= 0.3 is 0 Å². The van der Waals surface area contributed by atoms with Crippen molar-refractivity contribution < 1.29 is 13.5 Å². The number of halogens is 3. The number of phenols is 1. The van der Waals surface area contributed by atoms with Gasteiger partial charge in [0.25, 0.3) is 10.0 Å². The minimum absolute atomic E-state index is 0.0354. The molecule has 20 heavy (non-hydrogen) atoms. The van der Waals surface area contributed by atoms with Gasteiger partial charge in [-0.15, -0.1) is 0 Å². The molecule has 0 radical (unpaired) electrons. The van der Waals surface area contributed by atoms with Gasteiger partial charge in [-0.3, -0.25) is 4.72 Å². The summed E-state index contributed by atoms with van der Waals surface area (Å²) in [6.45, 7) is 0. The summed E-state index contributed by atoms with van der Waals surface area (Å²) in [5.74, 6) is -0.152. The number of anilines is 1. The zero-order valence-electron chi connectivity index (χ0n) is 9.77. The smallest absolute Gasteiger partial charge is 0.261 e. The third kappa shape index (κ3) is 3.38. The fourth-order valence-electron chi connectivity index (χ4n) is 1.45. The predicted octanol–water partition coefficient (Wildman–Crippen LogP) is 4.26. The Morgan fingerprint density at radius 3 is 2.25 bits per heavy atom. The molecule has 2 rings (SSSR count). The molecule has 2 N–H and O–H groups in total. The van der Waals surface area contributed by atoms with Gasteiger partial charge in [-0.05, 0) is 52.3 Å². The molecule has 0 unspecified atom stereocenters. The van der Waals surface area contributed by atoms with Crippen LogP contribution in [0.3, 0.4) is 0 Å².